The van der Waals surface area contributed by atoms with Gasteiger partial charge in [-0.1, -0.05) is 37.9 Å². The zero-order valence-corrected chi connectivity index (χ0v) is 11.7. The Kier molecular flexibility index (Phi) is 3.14. The van der Waals surface area contributed by atoms with Crippen LogP contribution in [0.4, 0.5) is 0 Å². The molecule has 3 fully saturated rings. The first-order chi connectivity index (χ1) is 8.26. The van der Waals surface area contributed by atoms with Crippen molar-refractivity contribution in [1.29, 1.82) is 0 Å². The molecule has 3 rings (SSSR count). The van der Waals surface area contributed by atoms with Crippen LogP contribution in [0.2, 0.25) is 0 Å². The standard InChI is InChI=1S/C14H24N2S/c1-2-5-13(8-9-13)10-15-12-16-14(11-17-12)6-3-4-7-14/h2-11H2,1H3,(H,15,16). The Labute approximate surface area is 109 Å². The summed E-state index contributed by atoms with van der Waals surface area (Å²) in [7, 11) is 0. The van der Waals surface area contributed by atoms with Crippen molar-refractivity contribution in [2.24, 2.45) is 10.4 Å². The molecule has 2 aliphatic carbocycles. The molecular formula is C14H24N2S. The molecule has 3 heteroatoms. The van der Waals surface area contributed by atoms with Gasteiger partial charge in [0.1, 0.15) is 0 Å². The van der Waals surface area contributed by atoms with Crippen LogP contribution in [-0.4, -0.2) is 23.0 Å². The predicted octanol–water partition coefficient (Wildman–Crippen LogP) is 3.57. The maximum absolute atomic E-state index is 4.86. The first-order valence-electron chi connectivity index (χ1n) is 7.21. The van der Waals surface area contributed by atoms with Crippen LogP contribution >= 0.6 is 11.8 Å². The van der Waals surface area contributed by atoms with E-state index in [0.29, 0.717) is 11.0 Å². The van der Waals surface area contributed by atoms with E-state index in [1.54, 1.807) is 0 Å². The molecule has 0 aromatic carbocycles. The highest BCUT2D eigenvalue weighted by atomic mass is 32.2. The van der Waals surface area contributed by atoms with Gasteiger partial charge >= 0.3 is 0 Å². The minimum atomic E-state index is 0.435. The lowest BCUT2D eigenvalue weighted by Crippen LogP contribution is -2.40. The molecule has 0 unspecified atom stereocenters. The largest absolute Gasteiger partial charge is 0.359 e. The van der Waals surface area contributed by atoms with E-state index >= 15 is 0 Å². The van der Waals surface area contributed by atoms with Gasteiger partial charge in [0.2, 0.25) is 0 Å². The molecule has 3 aliphatic rings. The molecule has 17 heavy (non-hydrogen) atoms. The number of nitrogens with one attached hydrogen (secondary N) is 1. The van der Waals surface area contributed by atoms with Crippen LogP contribution in [-0.2, 0) is 0 Å². The van der Waals surface area contributed by atoms with E-state index in [0.717, 1.165) is 6.54 Å². The van der Waals surface area contributed by atoms with Gasteiger partial charge < -0.3 is 5.32 Å². The quantitative estimate of drug-likeness (QED) is 0.827. The molecule has 0 radical (unpaired) electrons. The molecule has 96 valence electrons. The fraction of sp³-hybridized carbons (Fsp3) is 0.929. The smallest absolute Gasteiger partial charge is 0.157 e. The summed E-state index contributed by atoms with van der Waals surface area (Å²) in [6.07, 6.45) is 11.0. The van der Waals surface area contributed by atoms with E-state index in [9.17, 15) is 0 Å². The van der Waals surface area contributed by atoms with Crippen molar-refractivity contribution in [2.75, 3.05) is 12.3 Å². The molecule has 0 bridgehead atoms. The van der Waals surface area contributed by atoms with E-state index in [1.165, 1.54) is 62.3 Å². The molecule has 0 aromatic rings. The van der Waals surface area contributed by atoms with Crippen LogP contribution in [0.15, 0.2) is 4.99 Å². The number of hydrogen-bond donors (Lipinski definition) is 1. The average molecular weight is 252 g/mol. The van der Waals surface area contributed by atoms with Gasteiger partial charge in [0.15, 0.2) is 5.17 Å². The Morgan fingerprint density at radius 3 is 2.65 bits per heavy atom. The third-order valence-corrected chi connectivity index (χ3v) is 5.91. The zero-order valence-electron chi connectivity index (χ0n) is 10.9. The fourth-order valence-electron chi connectivity index (χ4n) is 3.35. The van der Waals surface area contributed by atoms with Crippen LogP contribution in [0.25, 0.3) is 0 Å². The van der Waals surface area contributed by atoms with Crippen LogP contribution < -0.4 is 5.32 Å². The molecule has 0 aromatic heterocycles. The maximum atomic E-state index is 4.86. The van der Waals surface area contributed by atoms with Gasteiger partial charge in [0.25, 0.3) is 0 Å². The molecule has 0 atom stereocenters. The fourth-order valence-corrected chi connectivity index (χ4v) is 4.56. The highest BCUT2D eigenvalue weighted by Gasteiger charge is 2.43. The first-order valence-corrected chi connectivity index (χ1v) is 8.20. The Bertz CT molecular complexity index is 314. The van der Waals surface area contributed by atoms with Crippen LogP contribution in [0, 0.1) is 5.41 Å². The van der Waals surface area contributed by atoms with Crippen LogP contribution in [0.1, 0.15) is 58.3 Å². The molecule has 1 saturated heterocycles. The summed E-state index contributed by atoms with van der Waals surface area (Å²) < 4.78 is 0. The van der Waals surface area contributed by atoms with Gasteiger partial charge in [-0.05, 0) is 37.5 Å². The summed E-state index contributed by atoms with van der Waals surface area (Å²) in [5, 5.41) is 4.97. The number of thioether (sulfide) groups is 1. The molecule has 1 heterocycles. The Hall–Kier alpha value is -0.180. The molecule has 2 nitrogen and oxygen atoms in total. The van der Waals surface area contributed by atoms with E-state index in [4.69, 9.17) is 4.99 Å². The Morgan fingerprint density at radius 2 is 2.00 bits per heavy atom. The molecular weight excluding hydrogens is 228 g/mol. The van der Waals surface area contributed by atoms with Crippen molar-refractivity contribution in [3.8, 4) is 0 Å². The SMILES string of the molecule is CCCC1(CN=C2NC3(CCCC3)CS2)CC1. The minimum Gasteiger partial charge on any atom is -0.359 e. The minimum absolute atomic E-state index is 0.435. The normalized spacial score (nSPS) is 31.0. The van der Waals surface area contributed by atoms with Gasteiger partial charge in [0, 0.05) is 17.8 Å². The van der Waals surface area contributed by atoms with Crippen molar-refractivity contribution in [2.45, 2.75) is 63.8 Å². The van der Waals surface area contributed by atoms with Crippen LogP contribution in [0.5, 0.6) is 0 Å². The van der Waals surface area contributed by atoms with Crippen molar-refractivity contribution in [3.05, 3.63) is 0 Å². The molecule has 0 amide bonds. The highest BCUT2D eigenvalue weighted by molar-refractivity contribution is 8.14. The second-order valence-electron chi connectivity index (χ2n) is 6.27. The topological polar surface area (TPSA) is 24.4 Å². The van der Waals surface area contributed by atoms with Gasteiger partial charge in [-0.15, -0.1) is 0 Å². The maximum Gasteiger partial charge on any atom is 0.157 e. The first kappa shape index (κ1) is 11.9. The van der Waals surface area contributed by atoms with E-state index in [-0.39, 0.29) is 0 Å². The highest BCUT2D eigenvalue weighted by Crippen LogP contribution is 2.50. The van der Waals surface area contributed by atoms with E-state index in [2.05, 4.69) is 12.2 Å². The van der Waals surface area contributed by atoms with Gasteiger partial charge in [-0.3, -0.25) is 4.99 Å². The molecule has 1 spiro atoms. The van der Waals surface area contributed by atoms with E-state index in [1.807, 2.05) is 11.8 Å². The molecule has 1 N–H and O–H groups in total. The number of nitrogens with zero attached hydrogens (tertiary/aromatic N) is 1. The lowest BCUT2D eigenvalue weighted by Gasteiger charge is -2.22. The summed E-state index contributed by atoms with van der Waals surface area (Å²) in [5.74, 6) is 1.26. The second-order valence-corrected chi connectivity index (χ2v) is 7.24. The summed E-state index contributed by atoms with van der Waals surface area (Å²) >= 11 is 1.96. The number of rotatable bonds is 4. The van der Waals surface area contributed by atoms with E-state index < -0.39 is 0 Å². The summed E-state index contributed by atoms with van der Waals surface area (Å²) in [6, 6.07) is 0. The third-order valence-electron chi connectivity index (χ3n) is 4.71. The summed E-state index contributed by atoms with van der Waals surface area (Å²) in [6.45, 7) is 3.37. The van der Waals surface area contributed by atoms with Crippen molar-refractivity contribution in [3.63, 3.8) is 0 Å². The number of hydrogen-bond acceptors (Lipinski definition) is 2. The third kappa shape index (κ3) is 2.49. The van der Waals surface area contributed by atoms with Gasteiger partial charge in [0.05, 0.1) is 0 Å². The van der Waals surface area contributed by atoms with Crippen LogP contribution in [0.3, 0.4) is 0 Å². The van der Waals surface area contributed by atoms with Crippen molar-refractivity contribution in [1.82, 2.24) is 5.32 Å². The average Bonchev–Trinajstić information content (AvgIpc) is 2.78. The zero-order chi connectivity index (χ0) is 11.8. The molecule has 2 saturated carbocycles. The second kappa shape index (κ2) is 4.49. The monoisotopic (exact) mass is 252 g/mol. The lowest BCUT2D eigenvalue weighted by atomic mass is 10.0. The number of amidine groups is 1. The lowest BCUT2D eigenvalue weighted by molar-refractivity contribution is 0.447. The van der Waals surface area contributed by atoms with Gasteiger partial charge in [-0.2, -0.15) is 0 Å². The summed E-state index contributed by atoms with van der Waals surface area (Å²) in [5.41, 5.74) is 1.04. The van der Waals surface area contributed by atoms with Gasteiger partial charge in [-0.25, -0.2) is 0 Å². The van der Waals surface area contributed by atoms with Crippen molar-refractivity contribution >= 4 is 16.9 Å². The number of aliphatic imine (C=N–C) groups is 1. The Balaban J connectivity index is 1.55. The van der Waals surface area contributed by atoms with Crippen molar-refractivity contribution < 1.29 is 0 Å². The predicted molar refractivity (Wildman–Crippen MR) is 75.7 cm³/mol. The Morgan fingerprint density at radius 1 is 1.24 bits per heavy atom. The molecule has 1 aliphatic heterocycles. The summed E-state index contributed by atoms with van der Waals surface area (Å²) in [4.78, 5) is 4.86.